The number of carbonyl (C=O) groups is 1. The normalized spacial score (nSPS) is 10.4. The Morgan fingerprint density at radius 1 is 1.09 bits per heavy atom. The minimum absolute atomic E-state index is 0.147. The third-order valence-electron chi connectivity index (χ3n) is 3.43. The molecule has 0 N–H and O–H groups in total. The molecule has 0 aliphatic rings. The number of benzene rings is 1. The number of hydrogen-bond donors (Lipinski definition) is 0. The van der Waals surface area contributed by atoms with Gasteiger partial charge in [0.25, 0.3) is 5.91 Å². The van der Waals surface area contributed by atoms with Crippen molar-refractivity contribution in [2.45, 2.75) is 13.5 Å². The number of hydrogen-bond acceptors (Lipinski definition) is 3. The molecule has 22 heavy (non-hydrogen) atoms. The van der Waals surface area contributed by atoms with Gasteiger partial charge in [0.15, 0.2) is 0 Å². The van der Waals surface area contributed by atoms with Crippen LogP contribution in [0, 0.1) is 6.92 Å². The molecule has 0 aliphatic carbocycles. The smallest absolute Gasteiger partial charge is 0.277 e. The molecule has 4 heteroatoms. The molecule has 0 bridgehead atoms. The van der Waals surface area contributed by atoms with Crippen LogP contribution in [0.4, 0.5) is 5.69 Å². The SMILES string of the molecule is Cc1ccccc1N(Cc1ccco1)C(=O)c1ccccn1. The van der Waals surface area contributed by atoms with Crippen LogP contribution < -0.4 is 4.90 Å². The van der Waals surface area contributed by atoms with E-state index in [1.807, 2.05) is 49.4 Å². The van der Waals surface area contributed by atoms with E-state index in [1.54, 1.807) is 29.5 Å². The van der Waals surface area contributed by atoms with Crippen LogP contribution in [-0.2, 0) is 6.54 Å². The van der Waals surface area contributed by atoms with E-state index >= 15 is 0 Å². The number of furan rings is 1. The molecule has 1 amide bonds. The maximum Gasteiger partial charge on any atom is 0.277 e. The maximum atomic E-state index is 12.8. The number of rotatable bonds is 4. The van der Waals surface area contributed by atoms with Crippen LogP contribution in [0.3, 0.4) is 0 Å². The van der Waals surface area contributed by atoms with Crippen molar-refractivity contribution < 1.29 is 9.21 Å². The molecule has 0 radical (unpaired) electrons. The fraction of sp³-hybridized carbons (Fsp3) is 0.111. The summed E-state index contributed by atoms with van der Waals surface area (Å²) < 4.78 is 5.40. The molecule has 0 aliphatic heterocycles. The fourth-order valence-electron chi connectivity index (χ4n) is 2.32. The molecule has 0 saturated carbocycles. The van der Waals surface area contributed by atoms with E-state index in [9.17, 15) is 4.79 Å². The van der Waals surface area contributed by atoms with Crippen LogP contribution >= 0.6 is 0 Å². The Morgan fingerprint density at radius 3 is 2.59 bits per heavy atom. The Balaban J connectivity index is 1.99. The van der Waals surface area contributed by atoms with Gasteiger partial charge in [0.1, 0.15) is 11.5 Å². The van der Waals surface area contributed by atoms with Gasteiger partial charge in [-0.3, -0.25) is 14.7 Å². The molecule has 4 nitrogen and oxygen atoms in total. The summed E-state index contributed by atoms with van der Waals surface area (Å²) >= 11 is 0. The first kappa shape index (κ1) is 14.1. The molecule has 0 atom stereocenters. The topological polar surface area (TPSA) is 46.3 Å². The summed E-state index contributed by atoms with van der Waals surface area (Å²) in [7, 11) is 0. The zero-order valence-corrected chi connectivity index (χ0v) is 12.3. The summed E-state index contributed by atoms with van der Waals surface area (Å²) in [5, 5.41) is 0. The molecule has 3 rings (SSSR count). The van der Waals surface area contributed by atoms with Crippen molar-refractivity contribution in [1.29, 1.82) is 0 Å². The van der Waals surface area contributed by atoms with Gasteiger partial charge >= 0.3 is 0 Å². The summed E-state index contributed by atoms with van der Waals surface area (Å²) in [6.45, 7) is 2.35. The Morgan fingerprint density at radius 2 is 1.91 bits per heavy atom. The lowest BCUT2D eigenvalue weighted by molar-refractivity contribution is 0.0978. The third-order valence-corrected chi connectivity index (χ3v) is 3.43. The standard InChI is InChI=1S/C18H16N2O2/c1-14-7-2-3-10-17(14)20(13-15-8-6-12-22-15)18(21)16-9-4-5-11-19-16/h2-12H,13H2,1H3. The van der Waals surface area contributed by atoms with Crippen molar-refractivity contribution in [1.82, 2.24) is 4.98 Å². The molecule has 2 heterocycles. The number of aryl methyl sites for hydroxylation is 1. The molecule has 2 aromatic heterocycles. The van der Waals surface area contributed by atoms with Gasteiger partial charge in [0.2, 0.25) is 0 Å². The van der Waals surface area contributed by atoms with Crippen LogP contribution in [0.5, 0.6) is 0 Å². The highest BCUT2D eigenvalue weighted by Crippen LogP contribution is 2.23. The quantitative estimate of drug-likeness (QED) is 0.734. The summed E-state index contributed by atoms with van der Waals surface area (Å²) in [4.78, 5) is 18.7. The van der Waals surface area contributed by atoms with Gasteiger partial charge in [-0.05, 0) is 42.8 Å². The molecule has 110 valence electrons. The number of carbonyl (C=O) groups excluding carboxylic acids is 1. The molecule has 0 saturated heterocycles. The highest BCUT2D eigenvalue weighted by molar-refractivity contribution is 6.05. The highest BCUT2D eigenvalue weighted by Gasteiger charge is 2.21. The predicted molar refractivity (Wildman–Crippen MR) is 84.6 cm³/mol. The van der Waals surface area contributed by atoms with Gasteiger partial charge in [0.05, 0.1) is 12.8 Å². The minimum atomic E-state index is -0.147. The number of anilines is 1. The van der Waals surface area contributed by atoms with E-state index in [4.69, 9.17) is 4.42 Å². The summed E-state index contributed by atoms with van der Waals surface area (Å²) in [5.74, 6) is 0.582. The first-order valence-corrected chi connectivity index (χ1v) is 7.06. The molecule has 3 aromatic rings. The monoisotopic (exact) mass is 292 g/mol. The average molecular weight is 292 g/mol. The van der Waals surface area contributed by atoms with E-state index in [1.165, 1.54) is 0 Å². The second kappa shape index (κ2) is 6.26. The van der Waals surface area contributed by atoms with Crippen molar-refractivity contribution in [2.24, 2.45) is 0 Å². The van der Waals surface area contributed by atoms with Gasteiger partial charge in [-0.15, -0.1) is 0 Å². The van der Waals surface area contributed by atoms with E-state index in [0.29, 0.717) is 12.2 Å². The van der Waals surface area contributed by atoms with E-state index < -0.39 is 0 Å². The van der Waals surface area contributed by atoms with Crippen LogP contribution in [-0.4, -0.2) is 10.9 Å². The Kier molecular flexibility index (Phi) is 4.01. The summed E-state index contributed by atoms with van der Waals surface area (Å²) in [5.41, 5.74) is 2.30. The van der Waals surface area contributed by atoms with E-state index in [-0.39, 0.29) is 5.91 Å². The van der Waals surface area contributed by atoms with E-state index in [0.717, 1.165) is 17.0 Å². The van der Waals surface area contributed by atoms with Crippen LogP contribution in [0.1, 0.15) is 21.8 Å². The van der Waals surface area contributed by atoms with Crippen LogP contribution in [0.25, 0.3) is 0 Å². The van der Waals surface area contributed by atoms with Crippen molar-refractivity contribution in [3.8, 4) is 0 Å². The Hall–Kier alpha value is -2.88. The average Bonchev–Trinajstić information content (AvgIpc) is 3.07. The van der Waals surface area contributed by atoms with Crippen molar-refractivity contribution in [2.75, 3.05) is 4.90 Å². The molecule has 0 spiro atoms. The van der Waals surface area contributed by atoms with Crippen LogP contribution in [0.2, 0.25) is 0 Å². The maximum absolute atomic E-state index is 12.8. The molecule has 0 unspecified atom stereocenters. The highest BCUT2D eigenvalue weighted by atomic mass is 16.3. The number of amides is 1. The lowest BCUT2D eigenvalue weighted by Crippen LogP contribution is -2.31. The van der Waals surface area contributed by atoms with Crippen molar-refractivity contribution >= 4 is 11.6 Å². The zero-order chi connectivity index (χ0) is 15.4. The van der Waals surface area contributed by atoms with Gasteiger partial charge in [0, 0.05) is 11.9 Å². The second-order valence-corrected chi connectivity index (χ2v) is 4.97. The minimum Gasteiger partial charge on any atom is -0.467 e. The van der Waals surface area contributed by atoms with Gasteiger partial charge in [-0.1, -0.05) is 24.3 Å². The number of aromatic nitrogens is 1. The van der Waals surface area contributed by atoms with Gasteiger partial charge in [-0.25, -0.2) is 0 Å². The first-order valence-electron chi connectivity index (χ1n) is 7.06. The Labute approximate surface area is 129 Å². The third kappa shape index (κ3) is 2.91. The number of para-hydroxylation sites is 1. The van der Waals surface area contributed by atoms with Crippen molar-refractivity contribution in [3.63, 3.8) is 0 Å². The largest absolute Gasteiger partial charge is 0.467 e. The molecular formula is C18H16N2O2. The Bertz CT molecular complexity index is 752. The first-order chi connectivity index (χ1) is 10.8. The fourth-order valence-corrected chi connectivity index (χ4v) is 2.32. The molecule has 0 fully saturated rings. The number of nitrogens with zero attached hydrogens (tertiary/aromatic N) is 2. The summed E-state index contributed by atoms with van der Waals surface area (Å²) in [6, 6.07) is 16.8. The predicted octanol–water partition coefficient (Wildman–Crippen LogP) is 3.83. The second-order valence-electron chi connectivity index (χ2n) is 4.97. The lowest BCUT2D eigenvalue weighted by Gasteiger charge is -2.23. The van der Waals surface area contributed by atoms with Crippen molar-refractivity contribution in [3.05, 3.63) is 84.1 Å². The van der Waals surface area contributed by atoms with E-state index in [2.05, 4.69) is 4.98 Å². The molecular weight excluding hydrogens is 276 g/mol. The molecule has 1 aromatic carbocycles. The number of pyridine rings is 1. The lowest BCUT2D eigenvalue weighted by atomic mass is 10.1. The van der Waals surface area contributed by atoms with Gasteiger partial charge < -0.3 is 4.42 Å². The van der Waals surface area contributed by atoms with Crippen LogP contribution in [0.15, 0.2) is 71.5 Å². The zero-order valence-electron chi connectivity index (χ0n) is 12.3. The summed E-state index contributed by atoms with van der Waals surface area (Å²) in [6.07, 6.45) is 3.23. The van der Waals surface area contributed by atoms with Gasteiger partial charge in [-0.2, -0.15) is 0 Å².